The summed E-state index contributed by atoms with van der Waals surface area (Å²) in [5.41, 5.74) is 0.864. The van der Waals surface area contributed by atoms with Crippen molar-refractivity contribution in [3.63, 3.8) is 0 Å². The second kappa shape index (κ2) is 6.45. The highest BCUT2D eigenvalue weighted by molar-refractivity contribution is 6.62. The molecule has 0 spiro atoms. The monoisotopic (exact) mass is 320 g/mol. The van der Waals surface area contributed by atoms with E-state index in [-0.39, 0.29) is 0 Å². The lowest BCUT2D eigenvalue weighted by molar-refractivity contribution is 0.00578. The van der Waals surface area contributed by atoms with Gasteiger partial charge in [0.1, 0.15) is 11.5 Å². The first-order valence-corrected chi connectivity index (χ1v) is 7.56. The van der Waals surface area contributed by atoms with Gasteiger partial charge in [-0.1, -0.05) is 0 Å². The lowest BCUT2D eigenvalue weighted by Crippen LogP contribution is -2.41. The maximum absolute atomic E-state index is 6.09. The largest absolute Gasteiger partial charge is 0.504 e. The van der Waals surface area contributed by atoms with Crippen molar-refractivity contribution in [2.24, 2.45) is 0 Å². The molecular weight excluding hydrogens is 295 g/mol. The van der Waals surface area contributed by atoms with Gasteiger partial charge in [0.15, 0.2) is 0 Å². The van der Waals surface area contributed by atoms with Crippen LogP contribution in [0, 0.1) is 0 Å². The molecule has 1 aliphatic heterocycles. The Balaban J connectivity index is 2.44. The van der Waals surface area contributed by atoms with Crippen LogP contribution in [0.3, 0.4) is 0 Å². The Morgan fingerprint density at radius 1 is 0.913 bits per heavy atom. The van der Waals surface area contributed by atoms with Crippen LogP contribution in [0.2, 0.25) is 0 Å². The molecule has 126 valence electrons. The smallest absolute Gasteiger partial charge is 0.495 e. The minimum absolute atomic E-state index is 0.396. The van der Waals surface area contributed by atoms with Crippen LogP contribution in [-0.4, -0.2) is 39.6 Å². The molecule has 0 radical (unpaired) electrons. The predicted octanol–water partition coefficient (Wildman–Crippen LogP) is 2.62. The van der Waals surface area contributed by atoms with Gasteiger partial charge in [0.05, 0.1) is 44.4 Å². The van der Waals surface area contributed by atoms with Gasteiger partial charge < -0.3 is 23.5 Å². The molecule has 1 aromatic carbocycles. The molecule has 0 bridgehead atoms. The van der Waals surface area contributed by atoms with Gasteiger partial charge in [0.25, 0.3) is 0 Å². The van der Waals surface area contributed by atoms with Crippen LogP contribution < -0.4 is 14.9 Å². The Morgan fingerprint density at radius 3 is 1.78 bits per heavy atom. The molecule has 5 nitrogen and oxygen atoms in total. The van der Waals surface area contributed by atoms with E-state index in [1.165, 1.54) is 0 Å². The van der Waals surface area contributed by atoms with Crippen molar-refractivity contribution in [3.05, 3.63) is 24.0 Å². The zero-order valence-corrected chi connectivity index (χ0v) is 14.9. The zero-order valence-electron chi connectivity index (χ0n) is 14.9. The Morgan fingerprint density at radius 2 is 1.39 bits per heavy atom. The Kier molecular flexibility index (Phi) is 4.97. The molecule has 1 aromatic rings. The van der Waals surface area contributed by atoms with Crippen molar-refractivity contribution in [1.29, 1.82) is 0 Å². The summed E-state index contributed by atoms with van der Waals surface area (Å²) < 4.78 is 28.2. The van der Waals surface area contributed by atoms with E-state index in [4.69, 9.17) is 23.5 Å². The highest BCUT2D eigenvalue weighted by Gasteiger charge is 2.52. The second-order valence-electron chi connectivity index (χ2n) is 6.47. The maximum atomic E-state index is 6.09. The molecule has 1 heterocycles. The van der Waals surface area contributed by atoms with Gasteiger partial charge >= 0.3 is 7.12 Å². The van der Waals surface area contributed by atoms with Crippen molar-refractivity contribution < 1.29 is 23.5 Å². The number of hydrogen-bond acceptors (Lipinski definition) is 5. The van der Waals surface area contributed by atoms with Gasteiger partial charge in [0.2, 0.25) is 0 Å². The fourth-order valence-corrected chi connectivity index (χ4v) is 2.37. The van der Waals surface area contributed by atoms with Gasteiger partial charge in [-0.25, -0.2) is 0 Å². The third-order valence-electron chi connectivity index (χ3n) is 4.46. The highest BCUT2D eigenvalue weighted by Crippen LogP contribution is 2.37. The third-order valence-corrected chi connectivity index (χ3v) is 4.46. The maximum Gasteiger partial charge on any atom is 0.495 e. The first-order chi connectivity index (χ1) is 10.8. The lowest BCUT2D eigenvalue weighted by Gasteiger charge is -2.32. The third kappa shape index (κ3) is 3.33. The molecule has 1 aliphatic rings. The van der Waals surface area contributed by atoms with E-state index >= 15 is 0 Å². The van der Waals surface area contributed by atoms with Crippen molar-refractivity contribution in [2.45, 2.75) is 38.9 Å². The van der Waals surface area contributed by atoms with E-state index in [0.717, 1.165) is 11.0 Å². The van der Waals surface area contributed by atoms with Crippen LogP contribution in [0.4, 0.5) is 0 Å². The number of ether oxygens (including phenoxy) is 3. The Hall–Kier alpha value is -1.66. The standard InChI is InChI=1S/C17H25BO5/c1-16(2)17(3,4)23-18(22-16)12-10-14(20-6)13(8-9-19-5)15(11-12)21-7/h8-11H,1-7H3/b9-8+. The number of rotatable bonds is 5. The fraction of sp³-hybridized carbons (Fsp3) is 0.529. The van der Waals surface area contributed by atoms with Gasteiger partial charge in [0, 0.05) is 0 Å². The van der Waals surface area contributed by atoms with Crippen LogP contribution in [0.1, 0.15) is 33.3 Å². The van der Waals surface area contributed by atoms with Gasteiger partial charge in [-0.2, -0.15) is 0 Å². The predicted molar refractivity (Wildman–Crippen MR) is 91.3 cm³/mol. The molecule has 6 heteroatoms. The average molecular weight is 320 g/mol. The molecule has 0 atom stereocenters. The van der Waals surface area contributed by atoms with Crippen molar-refractivity contribution >= 4 is 18.7 Å². The van der Waals surface area contributed by atoms with Crippen molar-refractivity contribution in [3.8, 4) is 11.5 Å². The van der Waals surface area contributed by atoms with Crippen LogP contribution >= 0.6 is 0 Å². The number of methoxy groups -OCH3 is 3. The molecule has 0 N–H and O–H groups in total. The van der Waals surface area contributed by atoms with Gasteiger partial charge in [-0.15, -0.1) is 0 Å². The van der Waals surface area contributed by atoms with Crippen molar-refractivity contribution in [1.82, 2.24) is 0 Å². The molecule has 23 heavy (non-hydrogen) atoms. The van der Waals surface area contributed by atoms with E-state index in [2.05, 4.69) is 0 Å². The summed E-state index contributed by atoms with van der Waals surface area (Å²) in [5.74, 6) is 1.34. The SMILES string of the molecule is CO/C=C/c1c(OC)cc(B2OC(C)(C)C(C)(C)O2)cc1OC. The first kappa shape index (κ1) is 17.7. The normalized spacial score (nSPS) is 19.2. The molecular formula is C17H25BO5. The van der Waals surface area contributed by atoms with E-state index in [0.29, 0.717) is 11.5 Å². The molecule has 0 aliphatic carbocycles. The first-order valence-electron chi connectivity index (χ1n) is 7.56. The van der Waals surface area contributed by atoms with Crippen LogP contribution in [0.15, 0.2) is 18.4 Å². The molecule has 2 rings (SSSR count). The van der Waals surface area contributed by atoms with E-state index in [1.54, 1.807) is 33.7 Å². The Labute approximate surface area is 138 Å². The summed E-state index contributed by atoms with van der Waals surface area (Å²) >= 11 is 0. The van der Waals surface area contributed by atoms with Gasteiger partial charge in [-0.3, -0.25) is 0 Å². The Bertz CT molecular complexity index is 554. The molecule has 0 amide bonds. The van der Waals surface area contributed by atoms with Crippen LogP contribution in [0.5, 0.6) is 11.5 Å². The fourth-order valence-electron chi connectivity index (χ4n) is 2.37. The van der Waals surface area contributed by atoms with E-state index < -0.39 is 18.3 Å². The zero-order chi connectivity index (χ0) is 17.3. The van der Waals surface area contributed by atoms with Crippen LogP contribution in [-0.2, 0) is 14.0 Å². The minimum atomic E-state index is -0.469. The van der Waals surface area contributed by atoms with Crippen molar-refractivity contribution in [2.75, 3.05) is 21.3 Å². The summed E-state index contributed by atoms with van der Waals surface area (Å²) in [4.78, 5) is 0. The summed E-state index contributed by atoms with van der Waals surface area (Å²) in [6, 6.07) is 3.81. The molecule has 0 aromatic heterocycles. The minimum Gasteiger partial charge on any atom is -0.504 e. The van der Waals surface area contributed by atoms with Crippen LogP contribution in [0.25, 0.3) is 6.08 Å². The number of hydrogen-bond donors (Lipinski definition) is 0. The number of benzene rings is 1. The molecule has 1 fully saturated rings. The summed E-state index contributed by atoms with van der Waals surface area (Å²) in [6.07, 6.45) is 3.38. The molecule has 0 unspecified atom stereocenters. The van der Waals surface area contributed by atoms with E-state index in [1.807, 2.05) is 39.8 Å². The summed E-state index contributed by atoms with van der Waals surface area (Å²) in [5, 5.41) is 0. The highest BCUT2D eigenvalue weighted by atomic mass is 16.7. The summed E-state index contributed by atoms with van der Waals surface area (Å²) in [6.45, 7) is 8.10. The molecule has 1 saturated heterocycles. The van der Waals surface area contributed by atoms with Gasteiger partial charge in [-0.05, 0) is 51.4 Å². The lowest BCUT2D eigenvalue weighted by atomic mass is 9.78. The average Bonchev–Trinajstić information content (AvgIpc) is 2.72. The summed E-state index contributed by atoms with van der Waals surface area (Å²) in [7, 11) is 4.36. The van der Waals surface area contributed by atoms with E-state index in [9.17, 15) is 0 Å². The second-order valence-corrected chi connectivity index (χ2v) is 6.47. The molecule has 0 saturated carbocycles. The quantitative estimate of drug-likeness (QED) is 0.616. The topological polar surface area (TPSA) is 46.2 Å².